The van der Waals surface area contributed by atoms with Crippen LogP contribution in [-0.4, -0.2) is 22.5 Å². The van der Waals surface area contributed by atoms with Gasteiger partial charge in [0.05, 0.1) is 11.6 Å². The summed E-state index contributed by atoms with van der Waals surface area (Å²) in [7, 11) is 0. The van der Waals surface area contributed by atoms with Gasteiger partial charge in [-0.05, 0) is 23.8 Å². The number of carbonyl (C=O) groups excluding carboxylic acids is 1. The highest BCUT2D eigenvalue weighted by Gasteiger charge is 2.14. The number of anilines is 3. The van der Waals surface area contributed by atoms with Gasteiger partial charge in [-0.1, -0.05) is 41.9 Å². The molecule has 1 amide bonds. The quantitative estimate of drug-likeness (QED) is 0.602. The number of rotatable bonds is 6. The van der Waals surface area contributed by atoms with Gasteiger partial charge in [0.2, 0.25) is 0 Å². The molecule has 0 aliphatic rings. The van der Waals surface area contributed by atoms with Crippen molar-refractivity contribution in [2.24, 2.45) is 0 Å². The van der Waals surface area contributed by atoms with Gasteiger partial charge in [-0.3, -0.25) is 4.79 Å². The minimum Gasteiger partial charge on any atom is -0.492 e. The Hall–Kier alpha value is -3.32. The Bertz CT molecular complexity index is 930. The fraction of sp³-hybridized carbons (Fsp3) is 0.105. The molecule has 27 heavy (non-hydrogen) atoms. The Morgan fingerprint density at radius 2 is 1.78 bits per heavy atom. The summed E-state index contributed by atoms with van der Waals surface area (Å²) in [4.78, 5) is 20.0. The van der Waals surface area contributed by atoms with Crippen LogP contribution >= 0.6 is 11.6 Å². The van der Waals surface area contributed by atoms with Crippen LogP contribution in [0.3, 0.4) is 0 Å². The molecule has 0 aliphatic carbocycles. The van der Waals surface area contributed by atoms with Gasteiger partial charge in [0.15, 0.2) is 11.6 Å². The monoisotopic (exact) mass is 383 g/mol. The van der Waals surface area contributed by atoms with E-state index in [1.54, 1.807) is 12.1 Å². The largest absolute Gasteiger partial charge is 0.492 e. The number of halogens is 1. The van der Waals surface area contributed by atoms with Crippen molar-refractivity contribution in [2.45, 2.75) is 6.42 Å². The summed E-state index contributed by atoms with van der Waals surface area (Å²) in [5.74, 6) is 0.248. The van der Waals surface area contributed by atoms with Gasteiger partial charge in [0, 0.05) is 12.0 Å². The van der Waals surface area contributed by atoms with Crippen LogP contribution in [0.4, 0.5) is 17.3 Å². The number of nitrogens with zero attached hydrogens (tertiary/aromatic N) is 2. The molecule has 0 unspecified atom stereocenters. The van der Waals surface area contributed by atoms with Gasteiger partial charge in [-0.15, -0.1) is 0 Å². The van der Waals surface area contributed by atoms with Crippen LogP contribution in [0.2, 0.25) is 5.02 Å². The van der Waals surface area contributed by atoms with Crippen molar-refractivity contribution in [3.05, 3.63) is 71.0 Å². The zero-order chi connectivity index (χ0) is 19.2. The van der Waals surface area contributed by atoms with Crippen molar-refractivity contribution in [3.8, 4) is 5.75 Å². The average Bonchev–Trinajstić information content (AvgIpc) is 2.67. The first kappa shape index (κ1) is 18.5. The van der Waals surface area contributed by atoms with E-state index in [9.17, 15) is 4.79 Å². The van der Waals surface area contributed by atoms with E-state index in [2.05, 4.69) is 15.3 Å². The van der Waals surface area contributed by atoms with E-state index < -0.39 is 5.91 Å². The number of aromatic nitrogens is 2. The summed E-state index contributed by atoms with van der Waals surface area (Å²) in [5, 5.41) is 2.93. The molecule has 2 aromatic carbocycles. The van der Waals surface area contributed by atoms with Gasteiger partial charge in [0.25, 0.3) is 5.91 Å². The highest BCUT2D eigenvalue weighted by molar-refractivity contribution is 6.32. The first-order valence-corrected chi connectivity index (χ1v) is 8.56. The van der Waals surface area contributed by atoms with E-state index in [1.165, 1.54) is 18.0 Å². The normalized spacial score (nSPS) is 10.4. The number of nitrogen functional groups attached to an aromatic ring is 2. The second-order valence-corrected chi connectivity index (χ2v) is 6.11. The van der Waals surface area contributed by atoms with Gasteiger partial charge in [-0.25, -0.2) is 9.97 Å². The fourth-order valence-electron chi connectivity index (χ4n) is 2.41. The van der Waals surface area contributed by atoms with E-state index in [4.69, 9.17) is 27.8 Å². The maximum absolute atomic E-state index is 12.4. The van der Waals surface area contributed by atoms with Crippen molar-refractivity contribution in [1.29, 1.82) is 0 Å². The zero-order valence-corrected chi connectivity index (χ0v) is 15.1. The second-order valence-electron chi connectivity index (χ2n) is 5.70. The van der Waals surface area contributed by atoms with Gasteiger partial charge in [0.1, 0.15) is 17.8 Å². The summed E-state index contributed by atoms with van der Waals surface area (Å²) in [6.07, 6.45) is 1.98. The number of benzene rings is 2. The molecule has 0 aliphatic heterocycles. The topological polar surface area (TPSA) is 116 Å². The number of hydrogen-bond acceptors (Lipinski definition) is 6. The van der Waals surface area contributed by atoms with Crippen LogP contribution in [-0.2, 0) is 6.42 Å². The number of nitrogens with two attached hydrogens (primary N) is 2. The molecule has 0 saturated carbocycles. The predicted molar refractivity (Wildman–Crippen MR) is 106 cm³/mol. The highest BCUT2D eigenvalue weighted by atomic mass is 35.5. The van der Waals surface area contributed by atoms with Crippen LogP contribution in [0.25, 0.3) is 0 Å². The molecular weight excluding hydrogens is 366 g/mol. The van der Waals surface area contributed by atoms with E-state index in [0.717, 1.165) is 6.42 Å². The summed E-state index contributed by atoms with van der Waals surface area (Å²) >= 11 is 6.24. The van der Waals surface area contributed by atoms with E-state index in [0.29, 0.717) is 22.9 Å². The Kier molecular flexibility index (Phi) is 5.73. The lowest BCUT2D eigenvalue weighted by Gasteiger charge is -2.11. The van der Waals surface area contributed by atoms with Crippen LogP contribution in [0.1, 0.15) is 15.9 Å². The van der Waals surface area contributed by atoms with Crippen molar-refractivity contribution in [2.75, 3.05) is 23.4 Å². The molecule has 0 saturated heterocycles. The predicted octanol–water partition coefficient (Wildman–Crippen LogP) is 3.17. The van der Waals surface area contributed by atoms with Crippen LogP contribution in [0, 0.1) is 0 Å². The summed E-state index contributed by atoms with van der Waals surface area (Å²) in [5.41, 5.74) is 13.1. The first-order chi connectivity index (χ1) is 13.0. The molecule has 5 N–H and O–H groups in total. The van der Waals surface area contributed by atoms with E-state index in [1.807, 2.05) is 30.3 Å². The van der Waals surface area contributed by atoms with E-state index in [-0.39, 0.29) is 17.3 Å². The molecule has 1 heterocycles. The lowest BCUT2D eigenvalue weighted by Crippen LogP contribution is -2.16. The number of carbonyl (C=O) groups is 1. The molecule has 0 fully saturated rings. The molecular formula is C19H18ClN5O2. The molecule has 7 nitrogen and oxygen atoms in total. The minimum atomic E-state index is -0.430. The summed E-state index contributed by atoms with van der Waals surface area (Å²) in [6, 6.07) is 14.8. The molecule has 0 radical (unpaired) electrons. The maximum Gasteiger partial charge on any atom is 0.255 e. The zero-order valence-electron chi connectivity index (χ0n) is 14.4. The smallest absolute Gasteiger partial charge is 0.255 e. The molecule has 3 aromatic rings. The molecule has 138 valence electrons. The SMILES string of the molecule is Nc1ncnc(N)c1NC(=O)c1ccc(OCCc2ccccc2)c(Cl)c1. The summed E-state index contributed by atoms with van der Waals surface area (Å²) < 4.78 is 5.71. The Morgan fingerprint density at radius 3 is 2.44 bits per heavy atom. The minimum absolute atomic E-state index is 0.0859. The number of ether oxygens (including phenoxy) is 1. The molecule has 0 spiro atoms. The maximum atomic E-state index is 12.4. The molecule has 3 rings (SSSR count). The third-order valence-electron chi connectivity index (χ3n) is 3.83. The van der Waals surface area contributed by atoms with Crippen molar-refractivity contribution < 1.29 is 9.53 Å². The molecule has 0 bridgehead atoms. The second kappa shape index (κ2) is 8.37. The van der Waals surface area contributed by atoms with Crippen LogP contribution in [0.15, 0.2) is 54.9 Å². The van der Waals surface area contributed by atoms with Crippen molar-refractivity contribution in [1.82, 2.24) is 9.97 Å². The third kappa shape index (κ3) is 4.65. The Balaban J connectivity index is 1.64. The van der Waals surface area contributed by atoms with Crippen LogP contribution in [0.5, 0.6) is 5.75 Å². The standard InChI is InChI=1S/C19H18ClN5O2/c20-14-10-13(19(26)25-16-17(21)23-11-24-18(16)22)6-7-15(14)27-9-8-12-4-2-1-3-5-12/h1-7,10-11H,8-9H2,(H,25,26)(H4,21,22,23,24). The lowest BCUT2D eigenvalue weighted by molar-refractivity contribution is 0.102. The van der Waals surface area contributed by atoms with Gasteiger partial charge >= 0.3 is 0 Å². The number of hydrogen-bond donors (Lipinski definition) is 3. The third-order valence-corrected chi connectivity index (χ3v) is 4.13. The molecule has 8 heteroatoms. The van der Waals surface area contributed by atoms with Gasteiger partial charge in [-0.2, -0.15) is 0 Å². The Labute approximate surface area is 161 Å². The Morgan fingerprint density at radius 1 is 1.07 bits per heavy atom. The van der Waals surface area contributed by atoms with Crippen molar-refractivity contribution in [3.63, 3.8) is 0 Å². The van der Waals surface area contributed by atoms with E-state index >= 15 is 0 Å². The summed E-state index contributed by atoms with van der Waals surface area (Å²) in [6.45, 7) is 0.476. The first-order valence-electron chi connectivity index (χ1n) is 8.18. The van der Waals surface area contributed by atoms with Crippen molar-refractivity contribution >= 4 is 34.8 Å². The van der Waals surface area contributed by atoms with Gasteiger partial charge < -0.3 is 21.5 Å². The molecule has 0 atom stereocenters. The fourth-order valence-corrected chi connectivity index (χ4v) is 2.65. The molecule has 1 aromatic heterocycles. The number of nitrogens with one attached hydrogen (secondary N) is 1. The number of amides is 1. The average molecular weight is 384 g/mol. The van der Waals surface area contributed by atoms with Crippen LogP contribution < -0.4 is 21.5 Å². The highest BCUT2D eigenvalue weighted by Crippen LogP contribution is 2.27. The lowest BCUT2D eigenvalue weighted by atomic mass is 10.1.